The standard InChI is InChI=1S/C17H25NO4/c1-4-21-16-7-13(5-6-15(16)22-11-12(2)3)8-18-9-14(10-18)17(19)20/h5-7,12,14H,4,8-11H2,1-3H3,(H,19,20). The topological polar surface area (TPSA) is 59.0 Å². The largest absolute Gasteiger partial charge is 0.490 e. The van der Waals surface area contributed by atoms with Gasteiger partial charge in [0.2, 0.25) is 0 Å². The Morgan fingerprint density at radius 2 is 2.05 bits per heavy atom. The molecule has 1 aromatic rings. The number of nitrogens with zero attached hydrogens (tertiary/aromatic N) is 1. The molecule has 0 bridgehead atoms. The Kier molecular flexibility index (Phi) is 5.66. The highest BCUT2D eigenvalue weighted by Gasteiger charge is 2.32. The minimum absolute atomic E-state index is 0.222. The second-order valence-electron chi connectivity index (χ2n) is 6.15. The van der Waals surface area contributed by atoms with Gasteiger partial charge in [0.1, 0.15) is 0 Å². The van der Waals surface area contributed by atoms with Crippen LogP contribution in [0, 0.1) is 11.8 Å². The molecule has 0 unspecified atom stereocenters. The molecule has 22 heavy (non-hydrogen) atoms. The molecule has 1 N–H and O–H groups in total. The average molecular weight is 307 g/mol. The van der Waals surface area contributed by atoms with E-state index in [9.17, 15) is 4.79 Å². The molecule has 0 aromatic heterocycles. The number of likely N-dealkylation sites (tertiary alicyclic amines) is 1. The highest BCUT2D eigenvalue weighted by molar-refractivity contribution is 5.71. The van der Waals surface area contributed by atoms with Crippen molar-refractivity contribution in [2.75, 3.05) is 26.3 Å². The summed E-state index contributed by atoms with van der Waals surface area (Å²) in [6.07, 6.45) is 0. The lowest BCUT2D eigenvalue weighted by Crippen LogP contribution is -2.49. The Hall–Kier alpha value is -1.75. The van der Waals surface area contributed by atoms with Gasteiger partial charge in [-0.15, -0.1) is 0 Å². The maximum atomic E-state index is 10.8. The Labute approximate surface area is 131 Å². The van der Waals surface area contributed by atoms with Crippen LogP contribution in [-0.2, 0) is 11.3 Å². The summed E-state index contributed by atoms with van der Waals surface area (Å²) in [7, 11) is 0. The summed E-state index contributed by atoms with van der Waals surface area (Å²) in [5, 5.41) is 8.91. The van der Waals surface area contributed by atoms with Gasteiger partial charge in [0.25, 0.3) is 0 Å². The lowest BCUT2D eigenvalue weighted by Gasteiger charge is -2.36. The van der Waals surface area contributed by atoms with E-state index in [0.29, 0.717) is 32.2 Å². The molecular weight excluding hydrogens is 282 g/mol. The molecule has 0 aliphatic carbocycles. The number of carboxylic acid groups (broad SMARTS) is 1. The Balaban J connectivity index is 1.98. The van der Waals surface area contributed by atoms with Crippen LogP contribution in [0.3, 0.4) is 0 Å². The summed E-state index contributed by atoms with van der Waals surface area (Å²) < 4.78 is 11.4. The van der Waals surface area contributed by atoms with Crippen LogP contribution in [0.4, 0.5) is 0 Å². The van der Waals surface area contributed by atoms with Crippen LogP contribution in [0.25, 0.3) is 0 Å². The van der Waals surface area contributed by atoms with Crippen LogP contribution in [0.15, 0.2) is 18.2 Å². The summed E-state index contributed by atoms with van der Waals surface area (Å²) >= 11 is 0. The molecule has 0 radical (unpaired) electrons. The van der Waals surface area contributed by atoms with Gasteiger partial charge in [-0.3, -0.25) is 9.69 Å². The van der Waals surface area contributed by atoms with Crippen molar-refractivity contribution in [1.29, 1.82) is 0 Å². The number of benzene rings is 1. The normalized spacial score (nSPS) is 15.6. The first-order chi connectivity index (χ1) is 10.5. The smallest absolute Gasteiger partial charge is 0.309 e. The van der Waals surface area contributed by atoms with Gasteiger partial charge in [-0.2, -0.15) is 0 Å². The fourth-order valence-electron chi connectivity index (χ4n) is 2.41. The molecule has 1 saturated heterocycles. The minimum atomic E-state index is -0.705. The number of hydrogen-bond acceptors (Lipinski definition) is 4. The number of carbonyl (C=O) groups is 1. The van der Waals surface area contributed by atoms with Crippen LogP contribution in [-0.4, -0.2) is 42.3 Å². The average Bonchev–Trinajstić information content (AvgIpc) is 2.41. The van der Waals surface area contributed by atoms with Crippen LogP contribution in [0.5, 0.6) is 11.5 Å². The highest BCUT2D eigenvalue weighted by atomic mass is 16.5. The van der Waals surface area contributed by atoms with E-state index in [2.05, 4.69) is 18.7 Å². The fraction of sp³-hybridized carbons (Fsp3) is 0.588. The molecule has 0 saturated carbocycles. The molecule has 1 fully saturated rings. The van der Waals surface area contributed by atoms with E-state index in [1.165, 1.54) is 0 Å². The first-order valence-electron chi connectivity index (χ1n) is 7.83. The zero-order chi connectivity index (χ0) is 16.1. The molecule has 1 aromatic carbocycles. The molecule has 1 aliphatic rings. The van der Waals surface area contributed by atoms with Crippen molar-refractivity contribution < 1.29 is 19.4 Å². The molecule has 0 amide bonds. The monoisotopic (exact) mass is 307 g/mol. The summed E-state index contributed by atoms with van der Waals surface area (Å²) in [6, 6.07) is 5.96. The van der Waals surface area contributed by atoms with Crippen molar-refractivity contribution in [2.45, 2.75) is 27.3 Å². The van der Waals surface area contributed by atoms with Crippen LogP contribution in [0.1, 0.15) is 26.3 Å². The fourth-order valence-corrected chi connectivity index (χ4v) is 2.41. The van der Waals surface area contributed by atoms with Crippen molar-refractivity contribution in [3.8, 4) is 11.5 Å². The molecule has 5 heteroatoms. The second-order valence-corrected chi connectivity index (χ2v) is 6.15. The summed E-state index contributed by atoms with van der Waals surface area (Å²) in [4.78, 5) is 13.0. The van der Waals surface area contributed by atoms with Gasteiger partial charge in [0.15, 0.2) is 11.5 Å². The van der Waals surface area contributed by atoms with Gasteiger partial charge < -0.3 is 14.6 Å². The molecular formula is C17H25NO4. The van der Waals surface area contributed by atoms with E-state index >= 15 is 0 Å². The zero-order valence-corrected chi connectivity index (χ0v) is 13.5. The zero-order valence-electron chi connectivity index (χ0n) is 13.5. The maximum absolute atomic E-state index is 10.8. The first-order valence-corrected chi connectivity index (χ1v) is 7.83. The lowest BCUT2D eigenvalue weighted by atomic mass is 9.99. The summed E-state index contributed by atoms with van der Waals surface area (Å²) in [5.41, 5.74) is 1.11. The van der Waals surface area contributed by atoms with E-state index in [4.69, 9.17) is 14.6 Å². The number of rotatable bonds is 8. The van der Waals surface area contributed by atoms with Gasteiger partial charge in [-0.25, -0.2) is 0 Å². The number of ether oxygens (including phenoxy) is 2. The SMILES string of the molecule is CCOc1cc(CN2CC(C(=O)O)C2)ccc1OCC(C)C. The third-order valence-electron chi connectivity index (χ3n) is 3.59. The molecule has 1 aliphatic heterocycles. The predicted octanol–water partition coefficient (Wildman–Crippen LogP) is 2.64. The van der Waals surface area contributed by atoms with E-state index in [1.807, 2.05) is 25.1 Å². The minimum Gasteiger partial charge on any atom is -0.490 e. The molecule has 0 atom stereocenters. The predicted molar refractivity (Wildman–Crippen MR) is 84.3 cm³/mol. The highest BCUT2D eigenvalue weighted by Crippen LogP contribution is 2.30. The van der Waals surface area contributed by atoms with Crippen molar-refractivity contribution in [1.82, 2.24) is 4.90 Å². The van der Waals surface area contributed by atoms with Gasteiger partial charge in [-0.05, 0) is 30.5 Å². The maximum Gasteiger partial charge on any atom is 0.309 e. The van der Waals surface area contributed by atoms with Crippen LogP contribution >= 0.6 is 0 Å². The third kappa shape index (κ3) is 4.37. The molecule has 5 nitrogen and oxygen atoms in total. The van der Waals surface area contributed by atoms with Gasteiger partial charge >= 0.3 is 5.97 Å². The molecule has 0 spiro atoms. The van der Waals surface area contributed by atoms with Crippen LogP contribution in [0.2, 0.25) is 0 Å². The molecule has 2 rings (SSSR count). The molecule has 122 valence electrons. The van der Waals surface area contributed by atoms with E-state index in [0.717, 1.165) is 23.6 Å². The molecule has 1 heterocycles. The lowest BCUT2D eigenvalue weighted by molar-refractivity contribution is -0.147. The Bertz CT molecular complexity index is 509. The van der Waals surface area contributed by atoms with E-state index in [1.54, 1.807) is 0 Å². The summed E-state index contributed by atoms with van der Waals surface area (Å²) in [5.74, 6) is 1.06. The number of hydrogen-bond donors (Lipinski definition) is 1. The second kappa shape index (κ2) is 7.49. The van der Waals surface area contributed by atoms with Crippen molar-refractivity contribution in [3.05, 3.63) is 23.8 Å². The quantitative estimate of drug-likeness (QED) is 0.800. The van der Waals surface area contributed by atoms with E-state index < -0.39 is 5.97 Å². The number of carboxylic acids is 1. The Morgan fingerprint density at radius 3 is 2.64 bits per heavy atom. The first kappa shape index (κ1) is 16.6. The Morgan fingerprint density at radius 1 is 1.32 bits per heavy atom. The summed E-state index contributed by atoms with van der Waals surface area (Å²) in [6.45, 7) is 9.39. The third-order valence-corrected chi connectivity index (χ3v) is 3.59. The number of aliphatic carboxylic acids is 1. The van der Waals surface area contributed by atoms with Crippen molar-refractivity contribution >= 4 is 5.97 Å². The van der Waals surface area contributed by atoms with Gasteiger partial charge in [-0.1, -0.05) is 19.9 Å². The van der Waals surface area contributed by atoms with Crippen molar-refractivity contribution in [2.24, 2.45) is 11.8 Å². The van der Waals surface area contributed by atoms with Crippen molar-refractivity contribution in [3.63, 3.8) is 0 Å². The van der Waals surface area contributed by atoms with Gasteiger partial charge in [0.05, 0.1) is 19.1 Å². The van der Waals surface area contributed by atoms with Crippen LogP contribution < -0.4 is 9.47 Å². The van der Waals surface area contributed by atoms with Gasteiger partial charge in [0, 0.05) is 19.6 Å². The van der Waals surface area contributed by atoms with E-state index in [-0.39, 0.29) is 5.92 Å².